The van der Waals surface area contributed by atoms with Crippen molar-refractivity contribution in [2.45, 2.75) is 13.3 Å². The van der Waals surface area contributed by atoms with E-state index in [1.165, 1.54) is 0 Å². The highest BCUT2D eigenvalue weighted by atomic mass is 19.1. The summed E-state index contributed by atoms with van der Waals surface area (Å²) in [5, 5.41) is 4.89. The lowest BCUT2D eigenvalue weighted by Crippen LogP contribution is -2.28. The lowest BCUT2D eigenvalue weighted by atomic mass is 10.1. The van der Waals surface area contributed by atoms with E-state index in [1.807, 2.05) is 19.1 Å². The number of nitrogens with one attached hydrogen (secondary N) is 2. The van der Waals surface area contributed by atoms with Crippen molar-refractivity contribution in [3.05, 3.63) is 65.2 Å². The molecule has 0 saturated heterocycles. The van der Waals surface area contributed by atoms with Gasteiger partial charge in [0.1, 0.15) is 11.6 Å². The summed E-state index contributed by atoms with van der Waals surface area (Å²) in [6.07, 6.45) is -0.0480. The maximum atomic E-state index is 13.4. The Morgan fingerprint density at radius 2 is 1.83 bits per heavy atom. The molecule has 2 rings (SSSR count). The lowest BCUT2D eigenvalue weighted by Gasteiger charge is -2.09. The molecule has 0 radical (unpaired) electrons. The zero-order valence-corrected chi connectivity index (χ0v) is 12.5. The standard InChI is InChI=1S/C17H16F2N2O2/c1-11-4-2-3-5-13(11)17(23)20-9-8-16(22)21-15-10-12(18)6-7-14(15)19/h2-7,10H,8-9H2,1H3,(H,20,23)(H,21,22). The molecule has 2 aromatic rings. The van der Waals surface area contributed by atoms with E-state index in [-0.39, 0.29) is 24.6 Å². The molecule has 23 heavy (non-hydrogen) atoms. The van der Waals surface area contributed by atoms with Crippen molar-refractivity contribution in [3.63, 3.8) is 0 Å². The van der Waals surface area contributed by atoms with E-state index in [0.717, 1.165) is 23.8 Å². The van der Waals surface area contributed by atoms with Gasteiger partial charge in [-0.2, -0.15) is 0 Å². The first-order valence-corrected chi connectivity index (χ1v) is 7.06. The fourth-order valence-electron chi connectivity index (χ4n) is 2.02. The van der Waals surface area contributed by atoms with Crippen molar-refractivity contribution >= 4 is 17.5 Å². The molecule has 0 aliphatic heterocycles. The van der Waals surface area contributed by atoms with Gasteiger partial charge in [-0.05, 0) is 30.7 Å². The van der Waals surface area contributed by atoms with Gasteiger partial charge >= 0.3 is 0 Å². The first-order valence-electron chi connectivity index (χ1n) is 7.06. The van der Waals surface area contributed by atoms with E-state index in [2.05, 4.69) is 10.6 Å². The van der Waals surface area contributed by atoms with E-state index in [9.17, 15) is 18.4 Å². The Hall–Kier alpha value is -2.76. The minimum absolute atomic E-state index is 0.0480. The molecule has 2 aromatic carbocycles. The monoisotopic (exact) mass is 318 g/mol. The molecule has 0 bridgehead atoms. The van der Waals surface area contributed by atoms with Gasteiger partial charge < -0.3 is 10.6 Å². The van der Waals surface area contributed by atoms with Crippen LogP contribution in [-0.4, -0.2) is 18.4 Å². The van der Waals surface area contributed by atoms with E-state index < -0.39 is 17.5 Å². The molecule has 2 N–H and O–H groups in total. The van der Waals surface area contributed by atoms with Crippen molar-refractivity contribution in [3.8, 4) is 0 Å². The highest BCUT2D eigenvalue weighted by Crippen LogP contribution is 2.15. The summed E-state index contributed by atoms with van der Waals surface area (Å²) in [5.74, 6) is -2.16. The van der Waals surface area contributed by atoms with Crippen LogP contribution in [0.5, 0.6) is 0 Å². The number of halogens is 2. The molecular formula is C17H16F2N2O2. The molecule has 0 aliphatic rings. The van der Waals surface area contributed by atoms with Crippen LogP contribution in [0, 0.1) is 18.6 Å². The fourth-order valence-corrected chi connectivity index (χ4v) is 2.02. The van der Waals surface area contributed by atoms with Gasteiger partial charge in [0, 0.05) is 24.6 Å². The third-order valence-corrected chi connectivity index (χ3v) is 3.23. The van der Waals surface area contributed by atoms with Gasteiger partial charge in [0.15, 0.2) is 0 Å². The van der Waals surface area contributed by atoms with Crippen LogP contribution >= 0.6 is 0 Å². The number of aryl methyl sites for hydroxylation is 1. The van der Waals surface area contributed by atoms with Crippen molar-refractivity contribution in [1.82, 2.24) is 5.32 Å². The van der Waals surface area contributed by atoms with Crippen LogP contribution in [-0.2, 0) is 4.79 Å². The van der Waals surface area contributed by atoms with Crippen molar-refractivity contribution in [2.75, 3.05) is 11.9 Å². The number of carbonyl (C=O) groups excluding carboxylic acids is 2. The second kappa shape index (κ2) is 7.49. The van der Waals surface area contributed by atoms with Gasteiger partial charge in [-0.1, -0.05) is 18.2 Å². The number of carbonyl (C=O) groups is 2. The predicted molar refractivity (Wildman–Crippen MR) is 83.1 cm³/mol. The van der Waals surface area contributed by atoms with Gasteiger partial charge in [0.05, 0.1) is 5.69 Å². The summed E-state index contributed by atoms with van der Waals surface area (Å²) in [7, 11) is 0. The largest absolute Gasteiger partial charge is 0.352 e. The van der Waals surface area contributed by atoms with Crippen LogP contribution in [0.25, 0.3) is 0 Å². The molecule has 4 nitrogen and oxygen atoms in total. The quantitative estimate of drug-likeness (QED) is 0.890. The number of benzene rings is 2. The summed E-state index contributed by atoms with van der Waals surface area (Å²) in [6.45, 7) is 1.91. The van der Waals surface area contributed by atoms with Gasteiger partial charge in [-0.15, -0.1) is 0 Å². The van der Waals surface area contributed by atoms with E-state index >= 15 is 0 Å². The third kappa shape index (κ3) is 4.60. The topological polar surface area (TPSA) is 58.2 Å². The third-order valence-electron chi connectivity index (χ3n) is 3.23. The van der Waals surface area contributed by atoms with Gasteiger partial charge in [-0.25, -0.2) is 8.78 Å². The summed E-state index contributed by atoms with van der Waals surface area (Å²) >= 11 is 0. The molecule has 0 spiro atoms. The number of hydrogen-bond acceptors (Lipinski definition) is 2. The summed E-state index contributed by atoms with van der Waals surface area (Å²) in [6, 6.07) is 9.88. The smallest absolute Gasteiger partial charge is 0.251 e. The average molecular weight is 318 g/mol. The summed E-state index contributed by atoms with van der Waals surface area (Å²) in [5.41, 5.74) is 1.14. The van der Waals surface area contributed by atoms with E-state index in [0.29, 0.717) is 5.56 Å². The van der Waals surface area contributed by atoms with Crippen LogP contribution in [0.1, 0.15) is 22.3 Å². The minimum Gasteiger partial charge on any atom is -0.352 e. The highest BCUT2D eigenvalue weighted by molar-refractivity contribution is 5.96. The summed E-state index contributed by atoms with van der Waals surface area (Å²) < 4.78 is 26.4. The zero-order chi connectivity index (χ0) is 16.8. The first-order chi connectivity index (χ1) is 11.0. The normalized spacial score (nSPS) is 10.2. The molecule has 0 aromatic heterocycles. The fraction of sp³-hybridized carbons (Fsp3) is 0.176. The molecule has 0 saturated carbocycles. The molecule has 0 fully saturated rings. The second-order valence-electron chi connectivity index (χ2n) is 4.99. The summed E-state index contributed by atoms with van der Waals surface area (Å²) in [4.78, 5) is 23.7. The predicted octanol–water partition coefficient (Wildman–Crippen LogP) is 3.03. The Morgan fingerprint density at radius 1 is 1.09 bits per heavy atom. The minimum atomic E-state index is -0.719. The first kappa shape index (κ1) is 16.6. The Kier molecular flexibility index (Phi) is 5.41. The van der Waals surface area contributed by atoms with Crippen LogP contribution in [0.4, 0.5) is 14.5 Å². The Balaban J connectivity index is 1.84. The average Bonchev–Trinajstić information content (AvgIpc) is 2.51. The molecule has 0 heterocycles. The molecule has 2 amide bonds. The van der Waals surface area contributed by atoms with Crippen LogP contribution in [0.3, 0.4) is 0 Å². The maximum absolute atomic E-state index is 13.4. The highest BCUT2D eigenvalue weighted by Gasteiger charge is 2.10. The molecular weight excluding hydrogens is 302 g/mol. The van der Waals surface area contributed by atoms with Crippen LogP contribution in [0.2, 0.25) is 0 Å². The van der Waals surface area contributed by atoms with Gasteiger partial charge in [-0.3, -0.25) is 9.59 Å². The molecule has 0 aliphatic carbocycles. The lowest BCUT2D eigenvalue weighted by molar-refractivity contribution is -0.116. The van der Waals surface area contributed by atoms with E-state index in [1.54, 1.807) is 12.1 Å². The Labute approximate surface area is 132 Å². The van der Waals surface area contributed by atoms with Crippen molar-refractivity contribution in [2.24, 2.45) is 0 Å². The van der Waals surface area contributed by atoms with Gasteiger partial charge in [0.2, 0.25) is 5.91 Å². The van der Waals surface area contributed by atoms with Crippen molar-refractivity contribution in [1.29, 1.82) is 0 Å². The number of rotatable bonds is 5. The second-order valence-corrected chi connectivity index (χ2v) is 4.99. The molecule has 6 heteroatoms. The number of anilines is 1. The number of amides is 2. The molecule has 120 valence electrons. The Bertz CT molecular complexity index is 732. The number of hydrogen-bond donors (Lipinski definition) is 2. The van der Waals surface area contributed by atoms with Crippen molar-refractivity contribution < 1.29 is 18.4 Å². The zero-order valence-electron chi connectivity index (χ0n) is 12.5. The molecule has 0 unspecified atom stereocenters. The SMILES string of the molecule is Cc1ccccc1C(=O)NCCC(=O)Nc1cc(F)ccc1F. The maximum Gasteiger partial charge on any atom is 0.251 e. The van der Waals surface area contributed by atoms with Crippen LogP contribution < -0.4 is 10.6 Å². The van der Waals surface area contributed by atoms with Gasteiger partial charge in [0.25, 0.3) is 5.91 Å². The Morgan fingerprint density at radius 3 is 2.57 bits per heavy atom. The molecule has 0 atom stereocenters. The van der Waals surface area contributed by atoms with Crippen LogP contribution in [0.15, 0.2) is 42.5 Å². The van der Waals surface area contributed by atoms with E-state index in [4.69, 9.17) is 0 Å².